The Morgan fingerprint density at radius 1 is 1.07 bits per heavy atom. The molecule has 1 aliphatic carbocycles. The molecule has 0 radical (unpaired) electrons. The van der Waals surface area contributed by atoms with Gasteiger partial charge in [-0.25, -0.2) is 4.18 Å². The second kappa shape index (κ2) is 19.6. The molecule has 0 spiro atoms. The molecule has 0 bridgehead atoms. The molecule has 18 nitrogen and oxygen atoms in total. The van der Waals surface area contributed by atoms with E-state index in [4.69, 9.17) is 36.7 Å². The van der Waals surface area contributed by atoms with Gasteiger partial charge in [-0.15, -0.1) is 11.6 Å². The van der Waals surface area contributed by atoms with Crippen LogP contribution in [0.2, 0.25) is 0 Å². The number of hydrogen-bond donors (Lipinski definition) is 8. The van der Waals surface area contributed by atoms with E-state index >= 15 is 4.79 Å². The summed E-state index contributed by atoms with van der Waals surface area (Å²) in [5.41, 5.74) is 11.2. The largest absolute Gasteiger partial charge is 0.398 e. The summed E-state index contributed by atoms with van der Waals surface area (Å²) >= 11 is 6.62. The lowest BCUT2D eigenvalue weighted by molar-refractivity contribution is -0.288. The van der Waals surface area contributed by atoms with Crippen LogP contribution in [0.1, 0.15) is 57.9 Å². The van der Waals surface area contributed by atoms with Crippen LogP contribution in [0.5, 0.6) is 0 Å². The third kappa shape index (κ3) is 11.9. The number of hydrogen-bond acceptors (Lipinski definition) is 12. The van der Waals surface area contributed by atoms with Gasteiger partial charge in [-0.2, -0.15) is 8.42 Å². The Morgan fingerprint density at radius 2 is 1.78 bits per heavy atom. The van der Waals surface area contributed by atoms with Crippen molar-refractivity contribution in [3.8, 4) is 0 Å². The maximum atomic E-state index is 15.1. The van der Waals surface area contributed by atoms with Crippen molar-refractivity contribution in [2.24, 2.45) is 28.3 Å². The highest BCUT2D eigenvalue weighted by atomic mass is 35.5. The molecule has 20 heteroatoms. The lowest BCUT2D eigenvalue weighted by Gasteiger charge is -2.42. The number of alkyl halides is 1. The van der Waals surface area contributed by atoms with E-state index in [1.54, 1.807) is 44.2 Å². The molecule has 3 fully saturated rings. The van der Waals surface area contributed by atoms with Crippen molar-refractivity contribution in [3.05, 3.63) is 35.9 Å². The summed E-state index contributed by atoms with van der Waals surface area (Å²) in [4.78, 5) is 48.3. The Kier molecular flexibility index (Phi) is 15.8. The average molecular weight is 805 g/mol. The number of unbranched alkanes of at least 4 members (excludes halogenated alkanes) is 1. The van der Waals surface area contributed by atoms with Gasteiger partial charge in [0.05, 0.1) is 12.7 Å². The van der Waals surface area contributed by atoms with Crippen LogP contribution >= 0.6 is 11.6 Å². The molecule has 304 valence electrons. The Morgan fingerprint density at radius 3 is 2.43 bits per heavy atom. The Bertz CT molecular complexity index is 1550. The number of carbonyl (C=O) groups excluding carboxylic acids is 3. The quantitative estimate of drug-likeness (QED) is 0.0306. The molecule has 1 aromatic carbocycles. The minimum absolute atomic E-state index is 0.0427. The first-order valence-corrected chi connectivity index (χ1v) is 19.9. The first kappa shape index (κ1) is 43.6. The van der Waals surface area contributed by atoms with Gasteiger partial charge in [-0.1, -0.05) is 44.2 Å². The number of aliphatic imine (C=N–C) groups is 1. The number of aliphatic hydroxyl groups excluding tert-OH is 3. The number of nitrogens with zero attached hydrogens (tertiary/aromatic N) is 2. The van der Waals surface area contributed by atoms with Gasteiger partial charge in [-0.05, 0) is 55.9 Å². The predicted molar refractivity (Wildman–Crippen MR) is 195 cm³/mol. The van der Waals surface area contributed by atoms with E-state index in [2.05, 4.69) is 15.6 Å². The molecule has 11 atom stereocenters. The topological polar surface area (TPSA) is 286 Å². The molecule has 1 saturated carbocycles. The van der Waals surface area contributed by atoms with E-state index in [0.717, 1.165) is 0 Å². The molecule has 2 heterocycles. The minimum atomic E-state index is -5.18. The predicted octanol–water partition coefficient (Wildman–Crippen LogP) is -1.07. The third-order valence-corrected chi connectivity index (χ3v) is 10.8. The number of fused-ring (bicyclic) bond motifs is 1. The van der Waals surface area contributed by atoms with Gasteiger partial charge in [0.1, 0.15) is 30.4 Å². The van der Waals surface area contributed by atoms with Crippen LogP contribution in [-0.4, -0.2) is 137 Å². The summed E-state index contributed by atoms with van der Waals surface area (Å²) in [6, 6.07) is 5.07. The monoisotopic (exact) mass is 804 g/mol. The summed E-state index contributed by atoms with van der Waals surface area (Å²) < 4.78 is 49.9. The molecule has 10 N–H and O–H groups in total. The number of likely N-dealkylation sites (tertiary alicyclic amines) is 1. The van der Waals surface area contributed by atoms with Crippen LogP contribution in [0, 0.1) is 11.8 Å². The molecule has 1 aromatic rings. The lowest BCUT2D eigenvalue weighted by Crippen LogP contribution is -2.64. The maximum Gasteiger partial charge on any atom is 0.398 e. The highest BCUT2D eigenvalue weighted by molar-refractivity contribution is 7.80. The number of carbonyl (C=O) groups is 3. The summed E-state index contributed by atoms with van der Waals surface area (Å²) in [5, 5.41) is 36.3. The van der Waals surface area contributed by atoms with E-state index in [0.29, 0.717) is 50.6 Å². The standard InChI is InChI=1S/C34H53ClN6O12S/c1-18(2)29(52-33-28(44)27(43)24(42)17-51-33)26(40-31(46)25(53-54(48,49)50)14-19-8-4-3-5-9-19)32(47)41-22-16-21(35)11-10-20(22)15-23(41)30(45)38-12-6-7-13-39-34(36)37/h3-5,8-9,18,20-29,33,42-44H,6-7,10-17H2,1-2H3,(H,38,45)(H,40,46)(H4,36,37,39)(H,48,49,50)/t20?,21?,22?,23?,24-,25?,26-,27+,28-,29+,33?/m1/s1. The Hall–Kier alpha value is -3.14. The van der Waals surface area contributed by atoms with E-state index < -0.39 is 95.6 Å². The molecule has 2 aliphatic heterocycles. The van der Waals surface area contributed by atoms with Crippen LogP contribution in [0.3, 0.4) is 0 Å². The molecule has 3 aliphatic rings. The van der Waals surface area contributed by atoms with Crippen molar-refractivity contribution in [2.45, 2.75) is 119 Å². The summed E-state index contributed by atoms with van der Waals surface area (Å²) in [6.45, 7) is 3.53. The zero-order chi connectivity index (χ0) is 39.7. The van der Waals surface area contributed by atoms with Crippen molar-refractivity contribution in [1.82, 2.24) is 15.5 Å². The van der Waals surface area contributed by atoms with Crippen molar-refractivity contribution in [1.29, 1.82) is 0 Å². The first-order chi connectivity index (χ1) is 25.5. The summed E-state index contributed by atoms with van der Waals surface area (Å²) in [6.07, 6.45) is -6.83. The van der Waals surface area contributed by atoms with Crippen molar-refractivity contribution in [3.63, 3.8) is 0 Å². The molecule has 4 rings (SSSR count). The number of ether oxygens (including phenoxy) is 2. The number of nitrogens with two attached hydrogens (primary N) is 2. The number of benzene rings is 1. The molecule has 0 aromatic heterocycles. The van der Waals surface area contributed by atoms with Crippen LogP contribution in [0.25, 0.3) is 0 Å². The highest BCUT2D eigenvalue weighted by Crippen LogP contribution is 2.42. The maximum absolute atomic E-state index is 15.1. The zero-order valence-corrected chi connectivity index (χ0v) is 31.8. The normalized spacial score (nSPS) is 28.8. The second-order valence-corrected chi connectivity index (χ2v) is 16.0. The molecule has 2 saturated heterocycles. The fourth-order valence-corrected chi connectivity index (χ4v) is 8.00. The highest BCUT2D eigenvalue weighted by Gasteiger charge is 2.52. The van der Waals surface area contributed by atoms with Gasteiger partial charge in [0.15, 0.2) is 18.4 Å². The number of rotatable bonds is 17. The number of amides is 3. The second-order valence-electron chi connectivity index (χ2n) is 14.3. The molecule has 54 heavy (non-hydrogen) atoms. The average Bonchev–Trinajstić information content (AvgIpc) is 3.48. The van der Waals surface area contributed by atoms with E-state index in [1.807, 2.05) is 0 Å². The smallest absolute Gasteiger partial charge is 0.388 e. The fourth-order valence-electron chi connectivity index (χ4n) is 7.24. The SMILES string of the molecule is CC(C)[C@H](OC1OC[C@@H](O)[C@H](O)[C@H]1O)[C@@H](NC(=O)C(Cc1ccccc1)OS(=O)(=O)O)C(=O)N1C(C(=O)NCCCCN=C(N)N)CC2CCC(Cl)CC21. The first-order valence-electron chi connectivity index (χ1n) is 18.1. The lowest BCUT2D eigenvalue weighted by atomic mass is 9.84. The van der Waals surface area contributed by atoms with Crippen LogP contribution in [-0.2, 0) is 44.9 Å². The van der Waals surface area contributed by atoms with Gasteiger partial charge in [0.2, 0.25) is 11.8 Å². The van der Waals surface area contributed by atoms with E-state index in [-0.39, 0.29) is 30.2 Å². The summed E-state index contributed by atoms with van der Waals surface area (Å²) in [7, 11) is -5.18. The summed E-state index contributed by atoms with van der Waals surface area (Å²) in [5.74, 6) is -3.08. The van der Waals surface area contributed by atoms with Gasteiger partial charge < -0.3 is 51.8 Å². The Labute approximate surface area is 319 Å². The molecule has 3 amide bonds. The van der Waals surface area contributed by atoms with Gasteiger partial charge in [0.25, 0.3) is 5.91 Å². The number of nitrogens with one attached hydrogen (secondary N) is 2. The van der Waals surface area contributed by atoms with Gasteiger partial charge in [0, 0.05) is 30.9 Å². The minimum Gasteiger partial charge on any atom is -0.388 e. The zero-order valence-electron chi connectivity index (χ0n) is 30.3. The molecular weight excluding hydrogens is 752 g/mol. The van der Waals surface area contributed by atoms with Crippen LogP contribution < -0.4 is 22.1 Å². The van der Waals surface area contributed by atoms with Crippen LogP contribution in [0.4, 0.5) is 0 Å². The van der Waals surface area contributed by atoms with Gasteiger partial charge >= 0.3 is 10.4 Å². The fraction of sp³-hybridized carbons (Fsp3) is 0.706. The molecule has 6 unspecified atom stereocenters. The number of aliphatic hydroxyl groups is 3. The molecular formula is C34H53ClN6O12S. The Balaban J connectivity index is 1.70. The van der Waals surface area contributed by atoms with Crippen molar-refractivity contribution in [2.75, 3.05) is 19.7 Å². The van der Waals surface area contributed by atoms with Crippen molar-refractivity contribution < 1.29 is 56.3 Å². The number of guanidine groups is 1. The van der Waals surface area contributed by atoms with E-state index in [1.165, 1.54) is 4.90 Å². The number of halogens is 1. The van der Waals surface area contributed by atoms with Crippen molar-refractivity contribution >= 4 is 45.7 Å². The van der Waals surface area contributed by atoms with Crippen LogP contribution in [0.15, 0.2) is 35.3 Å². The van der Waals surface area contributed by atoms with E-state index in [9.17, 15) is 37.9 Å². The van der Waals surface area contributed by atoms with Gasteiger partial charge in [-0.3, -0.25) is 23.9 Å². The third-order valence-electron chi connectivity index (χ3n) is 9.94.